The summed E-state index contributed by atoms with van der Waals surface area (Å²) in [6.07, 6.45) is 1.16. The molecule has 1 aromatic heterocycles. The number of nitrogens with zero attached hydrogens (tertiary/aromatic N) is 1. The third-order valence-electron chi connectivity index (χ3n) is 2.80. The third-order valence-corrected chi connectivity index (χ3v) is 3.73. The van der Waals surface area contributed by atoms with Crippen LogP contribution in [0.1, 0.15) is 37.8 Å². The Balaban J connectivity index is 2.31. The number of hydrogen-bond donors (Lipinski definition) is 2. The van der Waals surface area contributed by atoms with E-state index in [4.69, 9.17) is 5.73 Å². The minimum Gasteiger partial charge on any atom is -0.330 e. The Morgan fingerprint density at radius 1 is 1.47 bits per heavy atom. The molecule has 0 aliphatic heterocycles. The number of aromatic nitrogens is 1. The van der Waals surface area contributed by atoms with Gasteiger partial charge in [0.25, 0.3) is 0 Å². The molecule has 0 spiro atoms. The van der Waals surface area contributed by atoms with Crippen molar-refractivity contribution in [2.45, 2.75) is 40.7 Å². The van der Waals surface area contributed by atoms with E-state index >= 15 is 0 Å². The molecule has 0 radical (unpaired) electrons. The van der Waals surface area contributed by atoms with Gasteiger partial charge in [0.05, 0.1) is 11.2 Å². The van der Waals surface area contributed by atoms with Crippen LogP contribution < -0.4 is 11.1 Å². The normalized spacial score (nSPS) is 13.9. The Bertz CT molecular complexity index is 328. The molecule has 0 aliphatic carbocycles. The monoisotopic (exact) mass is 255 g/mol. The van der Waals surface area contributed by atoms with E-state index in [0.717, 1.165) is 31.7 Å². The van der Waals surface area contributed by atoms with E-state index < -0.39 is 0 Å². The van der Waals surface area contributed by atoms with Crippen molar-refractivity contribution in [3.05, 3.63) is 16.1 Å². The van der Waals surface area contributed by atoms with Crippen LogP contribution in [0.4, 0.5) is 0 Å². The molecule has 0 bridgehead atoms. The zero-order valence-corrected chi connectivity index (χ0v) is 12.2. The van der Waals surface area contributed by atoms with Gasteiger partial charge in [-0.3, -0.25) is 0 Å². The summed E-state index contributed by atoms with van der Waals surface area (Å²) >= 11 is 1.72. The molecule has 1 rings (SSSR count). The topological polar surface area (TPSA) is 50.9 Å². The molecule has 0 fully saturated rings. The molecule has 98 valence electrons. The molecule has 0 saturated carbocycles. The van der Waals surface area contributed by atoms with Crippen molar-refractivity contribution in [1.82, 2.24) is 10.3 Å². The van der Waals surface area contributed by atoms with Crippen LogP contribution >= 0.6 is 11.3 Å². The lowest BCUT2D eigenvalue weighted by molar-refractivity contribution is 0.290. The van der Waals surface area contributed by atoms with Crippen molar-refractivity contribution in [2.75, 3.05) is 13.1 Å². The van der Waals surface area contributed by atoms with Crippen molar-refractivity contribution >= 4 is 11.3 Å². The van der Waals surface area contributed by atoms with Crippen LogP contribution in [0.15, 0.2) is 5.51 Å². The lowest BCUT2D eigenvalue weighted by atomic mass is 9.84. The lowest BCUT2D eigenvalue weighted by Gasteiger charge is -2.25. The van der Waals surface area contributed by atoms with Gasteiger partial charge in [-0.2, -0.15) is 0 Å². The Labute approximate surface area is 109 Å². The molecule has 3 N–H and O–H groups in total. The summed E-state index contributed by atoms with van der Waals surface area (Å²) in [6.45, 7) is 11.5. The van der Waals surface area contributed by atoms with Crippen LogP contribution in [0, 0.1) is 18.3 Å². The average Bonchev–Trinajstić information content (AvgIpc) is 2.61. The molecule has 1 unspecified atom stereocenters. The molecule has 0 aliphatic rings. The Kier molecular flexibility index (Phi) is 5.56. The Hall–Kier alpha value is -0.450. The summed E-state index contributed by atoms with van der Waals surface area (Å²) in [4.78, 5) is 5.58. The van der Waals surface area contributed by atoms with E-state index in [1.165, 1.54) is 4.88 Å². The molecule has 0 aromatic carbocycles. The van der Waals surface area contributed by atoms with Crippen molar-refractivity contribution in [3.8, 4) is 0 Å². The first-order valence-corrected chi connectivity index (χ1v) is 7.10. The highest BCUT2D eigenvalue weighted by molar-refractivity contribution is 7.09. The third kappa shape index (κ3) is 5.61. The van der Waals surface area contributed by atoms with Gasteiger partial charge in [0.1, 0.15) is 0 Å². The zero-order valence-electron chi connectivity index (χ0n) is 11.4. The quantitative estimate of drug-likeness (QED) is 0.821. The summed E-state index contributed by atoms with van der Waals surface area (Å²) < 4.78 is 0. The van der Waals surface area contributed by atoms with E-state index in [-0.39, 0.29) is 0 Å². The molecule has 17 heavy (non-hydrogen) atoms. The van der Waals surface area contributed by atoms with Gasteiger partial charge in [0, 0.05) is 11.4 Å². The lowest BCUT2D eigenvalue weighted by Crippen LogP contribution is -2.31. The predicted octanol–water partition coefficient (Wildman–Crippen LogP) is 2.55. The van der Waals surface area contributed by atoms with Crippen molar-refractivity contribution in [3.63, 3.8) is 0 Å². The smallest absolute Gasteiger partial charge is 0.0798 e. The predicted molar refractivity (Wildman–Crippen MR) is 75.2 cm³/mol. The van der Waals surface area contributed by atoms with E-state index in [1.807, 2.05) is 5.51 Å². The number of nitrogens with two attached hydrogens (primary N) is 1. The summed E-state index contributed by atoms with van der Waals surface area (Å²) in [7, 11) is 0. The van der Waals surface area contributed by atoms with Crippen LogP contribution in [0.3, 0.4) is 0 Å². The van der Waals surface area contributed by atoms with Gasteiger partial charge in [-0.1, -0.05) is 20.8 Å². The largest absolute Gasteiger partial charge is 0.330 e. The highest BCUT2D eigenvalue weighted by atomic mass is 32.1. The van der Waals surface area contributed by atoms with Crippen LogP contribution in [-0.4, -0.2) is 18.1 Å². The molecule has 0 amide bonds. The fraction of sp³-hybridized carbons (Fsp3) is 0.769. The SMILES string of the molecule is Cc1ncsc1CNCC(CN)CC(C)(C)C. The van der Waals surface area contributed by atoms with Crippen molar-refractivity contribution in [2.24, 2.45) is 17.1 Å². The van der Waals surface area contributed by atoms with Gasteiger partial charge in [-0.15, -0.1) is 11.3 Å². The number of hydrogen-bond acceptors (Lipinski definition) is 4. The van der Waals surface area contributed by atoms with Gasteiger partial charge >= 0.3 is 0 Å². The van der Waals surface area contributed by atoms with Gasteiger partial charge < -0.3 is 11.1 Å². The van der Waals surface area contributed by atoms with Crippen molar-refractivity contribution < 1.29 is 0 Å². The standard InChI is InChI=1S/C13H25N3S/c1-10-12(17-9-16-10)8-15-7-11(6-14)5-13(2,3)4/h9,11,15H,5-8,14H2,1-4H3. The summed E-state index contributed by atoms with van der Waals surface area (Å²) in [6, 6.07) is 0. The van der Waals surface area contributed by atoms with E-state index in [0.29, 0.717) is 11.3 Å². The number of thiazole rings is 1. The van der Waals surface area contributed by atoms with E-state index in [2.05, 4.69) is 38.0 Å². The van der Waals surface area contributed by atoms with E-state index in [1.54, 1.807) is 11.3 Å². The molecule has 0 saturated heterocycles. The maximum atomic E-state index is 5.82. The maximum Gasteiger partial charge on any atom is 0.0798 e. The minimum absolute atomic E-state index is 0.353. The highest BCUT2D eigenvalue weighted by Gasteiger charge is 2.17. The molecule has 1 heterocycles. The zero-order chi connectivity index (χ0) is 12.9. The second-order valence-corrected chi connectivity index (χ2v) is 6.80. The molecule has 4 heteroatoms. The van der Waals surface area contributed by atoms with Gasteiger partial charge in [-0.25, -0.2) is 4.98 Å². The first-order chi connectivity index (χ1) is 7.92. The molecular formula is C13H25N3S. The summed E-state index contributed by atoms with van der Waals surface area (Å²) in [5, 5.41) is 3.49. The Morgan fingerprint density at radius 2 is 2.18 bits per heavy atom. The molecule has 3 nitrogen and oxygen atoms in total. The molecular weight excluding hydrogens is 230 g/mol. The Morgan fingerprint density at radius 3 is 2.65 bits per heavy atom. The first kappa shape index (κ1) is 14.6. The van der Waals surface area contributed by atoms with E-state index in [9.17, 15) is 0 Å². The maximum absolute atomic E-state index is 5.82. The van der Waals surface area contributed by atoms with Gasteiger partial charge in [-0.05, 0) is 37.8 Å². The number of aryl methyl sites for hydroxylation is 1. The number of nitrogens with one attached hydrogen (secondary N) is 1. The van der Waals surface area contributed by atoms with Gasteiger partial charge in [0.15, 0.2) is 0 Å². The summed E-state index contributed by atoms with van der Waals surface area (Å²) in [5.41, 5.74) is 9.22. The van der Waals surface area contributed by atoms with Crippen LogP contribution in [-0.2, 0) is 6.54 Å². The first-order valence-electron chi connectivity index (χ1n) is 6.22. The highest BCUT2D eigenvalue weighted by Crippen LogP contribution is 2.23. The fourth-order valence-corrected chi connectivity index (χ4v) is 2.74. The fourth-order valence-electron chi connectivity index (χ4n) is 1.99. The second-order valence-electron chi connectivity index (χ2n) is 5.86. The average molecular weight is 255 g/mol. The van der Waals surface area contributed by atoms with Crippen molar-refractivity contribution in [1.29, 1.82) is 0 Å². The van der Waals surface area contributed by atoms with Gasteiger partial charge in [0.2, 0.25) is 0 Å². The second kappa shape index (κ2) is 6.47. The van der Waals surface area contributed by atoms with Crippen LogP contribution in [0.2, 0.25) is 0 Å². The molecule has 1 atom stereocenters. The van der Waals surface area contributed by atoms with Crippen LogP contribution in [0.25, 0.3) is 0 Å². The minimum atomic E-state index is 0.353. The molecule has 1 aromatic rings. The van der Waals surface area contributed by atoms with Crippen LogP contribution in [0.5, 0.6) is 0 Å². The number of rotatable bonds is 6. The summed E-state index contributed by atoms with van der Waals surface area (Å²) in [5.74, 6) is 0.559.